The van der Waals surface area contributed by atoms with Crippen LogP contribution in [0.3, 0.4) is 0 Å². The van der Waals surface area contributed by atoms with Gasteiger partial charge < -0.3 is 4.74 Å². The molecule has 110 valence electrons. The standard InChI is InChI=1S/C19H28O/c1-3-5-16-6-10-18(11-7-16)19-12-8-17(9-13-19)15-20-14-4-2/h3,5,8-9,12-13,16,18H,4,6-7,10-11,14-15H2,1-2H3. The average molecular weight is 272 g/mol. The van der Waals surface area contributed by atoms with Crippen molar-refractivity contribution in [2.75, 3.05) is 6.61 Å². The molecular formula is C19H28O. The van der Waals surface area contributed by atoms with Gasteiger partial charge in [-0.15, -0.1) is 0 Å². The van der Waals surface area contributed by atoms with Gasteiger partial charge in [0.2, 0.25) is 0 Å². The summed E-state index contributed by atoms with van der Waals surface area (Å²) in [6.45, 7) is 5.89. The van der Waals surface area contributed by atoms with Crippen LogP contribution in [0.1, 0.15) is 63.0 Å². The molecule has 0 unspecified atom stereocenters. The van der Waals surface area contributed by atoms with E-state index in [1.54, 1.807) is 0 Å². The van der Waals surface area contributed by atoms with Gasteiger partial charge in [0.05, 0.1) is 6.61 Å². The molecule has 0 amide bonds. The molecule has 1 aliphatic rings. The number of benzene rings is 1. The second-order valence-corrected chi connectivity index (χ2v) is 5.93. The average Bonchev–Trinajstić information content (AvgIpc) is 2.49. The summed E-state index contributed by atoms with van der Waals surface area (Å²) < 4.78 is 5.59. The molecule has 0 radical (unpaired) electrons. The topological polar surface area (TPSA) is 9.23 Å². The van der Waals surface area contributed by atoms with E-state index in [0.29, 0.717) is 0 Å². The Bertz CT molecular complexity index is 396. The third-order valence-corrected chi connectivity index (χ3v) is 4.30. The molecule has 0 N–H and O–H groups in total. The minimum Gasteiger partial charge on any atom is -0.377 e. The second-order valence-electron chi connectivity index (χ2n) is 5.93. The van der Waals surface area contributed by atoms with Crippen molar-refractivity contribution in [3.8, 4) is 0 Å². The van der Waals surface area contributed by atoms with E-state index in [1.165, 1.54) is 36.8 Å². The van der Waals surface area contributed by atoms with Crippen LogP contribution in [0.5, 0.6) is 0 Å². The predicted octanol–water partition coefficient (Wildman–Crippen LogP) is 5.46. The number of hydrogen-bond donors (Lipinski definition) is 0. The first-order valence-corrected chi connectivity index (χ1v) is 8.13. The van der Waals surface area contributed by atoms with Crippen LogP contribution < -0.4 is 0 Å². The van der Waals surface area contributed by atoms with Crippen molar-refractivity contribution >= 4 is 0 Å². The summed E-state index contributed by atoms with van der Waals surface area (Å²) >= 11 is 0. The monoisotopic (exact) mass is 272 g/mol. The summed E-state index contributed by atoms with van der Waals surface area (Å²) in [6, 6.07) is 9.10. The van der Waals surface area contributed by atoms with Gasteiger partial charge in [0, 0.05) is 6.61 Å². The van der Waals surface area contributed by atoms with Crippen LogP contribution in [0.2, 0.25) is 0 Å². The van der Waals surface area contributed by atoms with E-state index in [2.05, 4.69) is 50.3 Å². The molecule has 0 spiro atoms. The summed E-state index contributed by atoms with van der Waals surface area (Å²) in [4.78, 5) is 0. The van der Waals surface area contributed by atoms with Crippen LogP contribution >= 0.6 is 0 Å². The number of ether oxygens (including phenoxy) is 1. The summed E-state index contributed by atoms with van der Waals surface area (Å²) in [6.07, 6.45) is 11.0. The lowest BCUT2D eigenvalue weighted by molar-refractivity contribution is 0.121. The summed E-state index contributed by atoms with van der Waals surface area (Å²) in [5, 5.41) is 0. The molecule has 1 fully saturated rings. The predicted molar refractivity (Wildman–Crippen MR) is 85.9 cm³/mol. The van der Waals surface area contributed by atoms with E-state index >= 15 is 0 Å². The van der Waals surface area contributed by atoms with E-state index in [9.17, 15) is 0 Å². The highest BCUT2D eigenvalue weighted by molar-refractivity contribution is 5.25. The van der Waals surface area contributed by atoms with Gasteiger partial charge in [-0.05, 0) is 62.0 Å². The molecule has 0 bridgehead atoms. The molecule has 1 aliphatic carbocycles. The molecule has 1 saturated carbocycles. The Morgan fingerprint density at radius 3 is 2.40 bits per heavy atom. The molecule has 0 aromatic heterocycles. The molecule has 0 aliphatic heterocycles. The number of hydrogen-bond acceptors (Lipinski definition) is 1. The minimum atomic E-state index is 0.752. The van der Waals surface area contributed by atoms with Gasteiger partial charge in [0.25, 0.3) is 0 Å². The normalized spacial score (nSPS) is 23.3. The van der Waals surface area contributed by atoms with Crippen molar-refractivity contribution in [3.05, 3.63) is 47.5 Å². The van der Waals surface area contributed by atoms with E-state index in [-0.39, 0.29) is 0 Å². The zero-order chi connectivity index (χ0) is 14.2. The van der Waals surface area contributed by atoms with E-state index in [1.807, 2.05) is 0 Å². The zero-order valence-electron chi connectivity index (χ0n) is 13.0. The highest BCUT2D eigenvalue weighted by atomic mass is 16.5. The summed E-state index contributed by atoms with van der Waals surface area (Å²) in [7, 11) is 0. The van der Waals surface area contributed by atoms with Gasteiger partial charge in [-0.2, -0.15) is 0 Å². The number of rotatable bonds is 6. The maximum absolute atomic E-state index is 5.59. The third-order valence-electron chi connectivity index (χ3n) is 4.30. The van der Waals surface area contributed by atoms with Gasteiger partial charge in [-0.25, -0.2) is 0 Å². The van der Waals surface area contributed by atoms with E-state index < -0.39 is 0 Å². The van der Waals surface area contributed by atoms with Crippen molar-refractivity contribution in [2.24, 2.45) is 5.92 Å². The Labute approximate surface area is 124 Å². The molecule has 0 heterocycles. The van der Waals surface area contributed by atoms with Crippen LogP contribution in [0.15, 0.2) is 36.4 Å². The zero-order valence-corrected chi connectivity index (χ0v) is 13.0. The second kappa shape index (κ2) is 8.26. The molecule has 1 aromatic carbocycles. The Morgan fingerprint density at radius 1 is 1.10 bits per heavy atom. The Balaban J connectivity index is 1.84. The van der Waals surface area contributed by atoms with Crippen molar-refractivity contribution in [1.82, 2.24) is 0 Å². The lowest BCUT2D eigenvalue weighted by Crippen LogP contribution is -2.11. The minimum absolute atomic E-state index is 0.752. The Morgan fingerprint density at radius 2 is 1.80 bits per heavy atom. The van der Waals surface area contributed by atoms with Crippen LogP contribution in [0.25, 0.3) is 0 Å². The van der Waals surface area contributed by atoms with Crippen LogP contribution in [-0.2, 0) is 11.3 Å². The molecule has 0 saturated heterocycles. The maximum atomic E-state index is 5.59. The van der Waals surface area contributed by atoms with E-state index in [4.69, 9.17) is 4.74 Å². The molecule has 1 nitrogen and oxygen atoms in total. The molecular weight excluding hydrogens is 244 g/mol. The lowest BCUT2D eigenvalue weighted by Gasteiger charge is -2.27. The fourth-order valence-electron chi connectivity index (χ4n) is 3.14. The van der Waals surface area contributed by atoms with Crippen LogP contribution in [0.4, 0.5) is 0 Å². The lowest BCUT2D eigenvalue weighted by atomic mass is 9.78. The number of allylic oxidation sites excluding steroid dienone is 2. The summed E-state index contributed by atoms with van der Waals surface area (Å²) in [5.74, 6) is 1.58. The first-order valence-electron chi connectivity index (χ1n) is 8.13. The van der Waals surface area contributed by atoms with Crippen molar-refractivity contribution in [1.29, 1.82) is 0 Å². The fourth-order valence-corrected chi connectivity index (χ4v) is 3.14. The third kappa shape index (κ3) is 4.49. The Hall–Kier alpha value is -1.08. The fraction of sp³-hybridized carbons (Fsp3) is 0.579. The molecule has 1 heteroatoms. The largest absolute Gasteiger partial charge is 0.377 e. The highest BCUT2D eigenvalue weighted by Crippen LogP contribution is 2.36. The first kappa shape index (κ1) is 15.3. The van der Waals surface area contributed by atoms with Gasteiger partial charge in [0.1, 0.15) is 0 Å². The maximum Gasteiger partial charge on any atom is 0.0716 e. The quantitative estimate of drug-likeness (QED) is 0.493. The van der Waals surface area contributed by atoms with Crippen molar-refractivity contribution < 1.29 is 4.74 Å². The SMILES string of the molecule is CC=CC1CCC(c2ccc(COCCC)cc2)CC1. The molecule has 20 heavy (non-hydrogen) atoms. The van der Waals surface area contributed by atoms with E-state index in [0.717, 1.165) is 31.5 Å². The molecule has 2 rings (SSSR count). The highest BCUT2D eigenvalue weighted by Gasteiger charge is 2.20. The van der Waals surface area contributed by atoms with Gasteiger partial charge in [-0.3, -0.25) is 0 Å². The first-order chi connectivity index (χ1) is 9.83. The smallest absolute Gasteiger partial charge is 0.0716 e. The molecule has 0 atom stereocenters. The van der Waals surface area contributed by atoms with Gasteiger partial charge >= 0.3 is 0 Å². The van der Waals surface area contributed by atoms with Crippen LogP contribution in [-0.4, -0.2) is 6.61 Å². The van der Waals surface area contributed by atoms with Gasteiger partial charge in [-0.1, -0.05) is 43.3 Å². The Kier molecular flexibility index (Phi) is 6.32. The van der Waals surface area contributed by atoms with Crippen LogP contribution in [0, 0.1) is 5.92 Å². The van der Waals surface area contributed by atoms with Gasteiger partial charge in [0.15, 0.2) is 0 Å². The van der Waals surface area contributed by atoms with Crippen molar-refractivity contribution in [2.45, 2.75) is 58.5 Å². The summed E-state index contributed by atoms with van der Waals surface area (Å²) in [5.41, 5.74) is 2.81. The molecule has 1 aromatic rings. The van der Waals surface area contributed by atoms with Crippen molar-refractivity contribution in [3.63, 3.8) is 0 Å².